The minimum Gasteiger partial charge on any atom is -0.373 e. The van der Waals surface area contributed by atoms with Crippen LogP contribution in [0.1, 0.15) is 34.1 Å². The topological polar surface area (TPSA) is 47.7 Å². The van der Waals surface area contributed by atoms with Crippen LogP contribution in [-0.4, -0.2) is 55.5 Å². The van der Waals surface area contributed by atoms with Gasteiger partial charge in [-0.1, -0.05) is 6.92 Å². The average Bonchev–Trinajstić information content (AvgIpc) is 2.36. The normalized spacial score (nSPS) is 26.1. The first kappa shape index (κ1) is 14.9. The average molecular weight is 244 g/mol. The number of nitrogens with zero attached hydrogens (tertiary/aromatic N) is 1. The Bertz CT molecular complexity index is 217. The molecule has 1 heterocycles. The van der Waals surface area contributed by atoms with Gasteiger partial charge in [-0.05, 0) is 27.2 Å². The number of rotatable bonds is 6. The van der Waals surface area contributed by atoms with E-state index in [-0.39, 0.29) is 11.7 Å². The smallest absolute Gasteiger partial charge is 0.0936 e. The number of nitrogens with two attached hydrogens (primary N) is 1. The van der Waals surface area contributed by atoms with Crippen LogP contribution in [-0.2, 0) is 9.47 Å². The summed E-state index contributed by atoms with van der Waals surface area (Å²) in [6, 6.07) is 0.577. The lowest BCUT2D eigenvalue weighted by molar-refractivity contribution is -0.115. The van der Waals surface area contributed by atoms with Gasteiger partial charge in [-0.15, -0.1) is 0 Å². The number of morpholine rings is 1. The number of hydrogen-bond donors (Lipinski definition) is 1. The molecule has 1 fully saturated rings. The second-order valence-corrected chi connectivity index (χ2v) is 5.40. The van der Waals surface area contributed by atoms with Crippen molar-refractivity contribution in [1.82, 2.24) is 4.90 Å². The number of hydrogen-bond acceptors (Lipinski definition) is 4. The molecule has 102 valence electrons. The van der Waals surface area contributed by atoms with Crippen molar-refractivity contribution in [1.29, 1.82) is 0 Å². The minimum atomic E-state index is -0.205. The molecule has 1 aliphatic heterocycles. The summed E-state index contributed by atoms with van der Waals surface area (Å²) >= 11 is 0. The lowest BCUT2D eigenvalue weighted by Gasteiger charge is -2.37. The number of ether oxygens (including phenoxy) is 2. The zero-order valence-electron chi connectivity index (χ0n) is 11.7. The van der Waals surface area contributed by atoms with Gasteiger partial charge in [0.1, 0.15) is 0 Å². The van der Waals surface area contributed by atoms with Crippen molar-refractivity contribution in [3.63, 3.8) is 0 Å². The van der Waals surface area contributed by atoms with Gasteiger partial charge < -0.3 is 15.2 Å². The van der Waals surface area contributed by atoms with E-state index in [1.165, 1.54) is 0 Å². The lowest BCUT2D eigenvalue weighted by atomic mass is 10.0. The first-order valence-corrected chi connectivity index (χ1v) is 6.70. The molecular weight excluding hydrogens is 216 g/mol. The second-order valence-electron chi connectivity index (χ2n) is 5.40. The summed E-state index contributed by atoms with van der Waals surface area (Å²) in [7, 11) is 0. The van der Waals surface area contributed by atoms with E-state index >= 15 is 0 Å². The van der Waals surface area contributed by atoms with Crippen LogP contribution in [0.25, 0.3) is 0 Å². The SMILES string of the molecule is CCC(C)(CN)OCC1CN(C(C)C)CCO1. The van der Waals surface area contributed by atoms with Gasteiger partial charge in [0, 0.05) is 25.7 Å². The molecule has 4 nitrogen and oxygen atoms in total. The molecule has 1 aliphatic rings. The second kappa shape index (κ2) is 6.69. The van der Waals surface area contributed by atoms with Crippen LogP contribution < -0.4 is 5.73 Å². The van der Waals surface area contributed by atoms with Gasteiger partial charge >= 0.3 is 0 Å². The quantitative estimate of drug-likeness (QED) is 0.763. The Morgan fingerprint density at radius 1 is 1.53 bits per heavy atom. The van der Waals surface area contributed by atoms with Crippen molar-refractivity contribution in [3.05, 3.63) is 0 Å². The maximum atomic E-state index is 5.92. The van der Waals surface area contributed by atoms with Gasteiger partial charge in [0.15, 0.2) is 0 Å². The van der Waals surface area contributed by atoms with Gasteiger partial charge in [-0.3, -0.25) is 4.90 Å². The molecule has 0 aromatic carbocycles. The van der Waals surface area contributed by atoms with E-state index in [4.69, 9.17) is 15.2 Å². The van der Waals surface area contributed by atoms with Gasteiger partial charge in [-0.25, -0.2) is 0 Å². The maximum Gasteiger partial charge on any atom is 0.0936 e. The highest BCUT2D eigenvalue weighted by molar-refractivity contribution is 4.78. The van der Waals surface area contributed by atoms with Crippen LogP contribution in [0.3, 0.4) is 0 Å². The van der Waals surface area contributed by atoms with Crippen molar-refractivity contribution in [2.45, 2.75) is 51.9 Å². The highest BCUT2D eigenvalue weighted by atomic mass is 16.5. The Balaban J connectivity index is 2.36. The van der Waals surface area contributed by atoms with Crippen LogP contribution >= 0.6 is 0 Å². The van der Waals surface area contributed by atoms with Gasteiger partial charge in [0.2, 0.25) is 0 Å². The molecule has 0 bridgehead atoms. The zero-order chi connectivity index (χ0) is 12.9. The fraction of sp³-hybridized carbons (Fsp3) is 1.00. The monoisotopic (exact) mass is 244 g/mol. The molecule has 1 saturated heterocycles. The van der Waals surface area contributed by atoms with Crippen LogP contribution in [0, 0.1) is 0 Å². The lowest BCUT2D eigenvalue weighted by Crippen LogP contribution is -2.49. The molecule has 4 heteroatoms. The minimum absolute atomic E-state index is 0.184. The molecule has 17 heavy (non-hydrogen) atoms. The third kappa shape index (κ3) is 4.54. The summed E-state index contributed by atoms with van der Waals surface area (Å²) in [5.41, 5.74) is 5.53. The highest BCUT2D eigenvalue weighted by Gasteiger charge is 2.26. The fourth-order valence-corrected chi connectivity index (χ4v) is 1.91. The van der Waals surface area contributed by atoms with Gasteiger partial charge in [0.25, 0.3) is 0 Å². The Kier molecular flexibility index (Phi) is 5.86. The van der Waals surface area contributed by atoms with Crippen LogP contribution in [0.4, 0.5) is 0 Å². The molecule has 0 aromatic heterocycles. The van der Waals surface area contributed by atoms with E-state index in [1.807, 2.05) is 0 Å². The van der Waals surface area contributed by atoms with Crippen molar-refractivity contribution in [3.8, 4) is 0 Å². The van der Waals surface area contributed by atoms with E-state index in [1.54, 1.807) is 0 Å². The standard InChI is InChI=1S/C13H28N2O2/c1-5-13(4,10-14)17-9-12-8-15(11(2)3)6-7-16-12/h11-12H,5-10,14H2,1-4H3. The third-order valence-electron chi connectivity index (χ3n) is 3.70. The molecule has 0 saturated carbocycles. The molecule has 0 spiro atoms. The summed E-state index contributed by atoms with van der Waals surface area (Å²) in [5, 5.41) is 0. The van der Waals surface area contributed by atoms with E-state index in [9.17, 15) is 0 Å². The molecule has 0 aliphatic carbocycles. The molecule has 1 rings (SSSR count). The Morgan fingerprint density at radius 2 is 2.24 bits per heavy atom. The Morgan fingerprint density at radius 3 is 2.76 bits per heavy atom. The third-order valence-corrected chi connectivity index (χ3v) is 3.70. The van der Waals surface area contributed by atoms with E-state index in [2.05, 4.69) is 32.6 Å². The molecule has 0 amide bonds. The maximum absolute atomic E-state index is 5.92. The molecule has 0 aromatic rings. The molecule has 2 N–H and O–H groups in total. The first-order valence-electron chi connectivity index (χ1n) is 6.70. The summed E-state index contributed by atoms with van der Waals surface area (Å²) in [4.78, 5) is 2.43. The molecule has 2 atom stereocenters. The summed E-state index contributed by atoms with van der Waals surface area (Å²) in [5.74, 6) is 0. The first-order chi connectivity index (χ1) is 8.00. The van der Waals surface area contributed by atoms with Crippen LogP contribution in [0.2, 0.25) is 0 Å². The van der Waals surface area contributed by atoms with Crippen LogP contribution in [0.5, 0.6) is 0 Å². The van der Waals surface area contributed by atoms with E-state index < -0.39 is 0 Å². The highest BCUT2D eigenvalue weighted by Crippen LogP contribution is 2.16. The Labute approximate surface area is 105 Å². The summed E-state index contributed by atoms with van der Waals surface area (Å²) in [6.45, 7) is 12.6. The van der Waals surface area contributed by atoms with Crippen LogP contribution in [0.15, 0.2) is 0 Å². The van der Waals surface area contributed by atoms with Crippen molar-refractivity contribution in [2.75, 3.05) is 32.8 Å². The zero-order valence-corrected chi connectivity index (χ0v) is 11.7. The summed E-state index contributed by atoms with van der Waals surface area (Å²) in [6.07, 6.45) is 1.12. The van der Waals surface area contributed by atoms with E-state index in [0.29, 0.717) is 19.2 Å². The van der Waals surface area contributed by atoms with E-state index in [0.717, 1.165) is 26.1 Å². The van der Waals surface area contributed by atoms with Gasteiger partial charge in [0.05, 0.1) is 24.9 Å². The van der Waals surface area contributed by atoms with Crippen molar-refractivity contribution >= 4 is 0 Å². The predicted octanol–water partition coefficient (Wildman–Crippen LogP) is 1.24. The molecule has 2 unspecified atom stereocenters. The Hall–Kier alpha value is -0.160. The summed E-state index contributed by atoms with van der Waals surface area (Å²) < 4.78 is 11.7. The molecule has 0 radical (unpaired) electrons. The van der Waals surface area contributed by atoms with Gasteiger partial charge in [-0.2, -0.15) is 0 Å². The largest absolute Gasteiger partial charge is 0.373 e. The fourth-order valence-electron chi connectivity index (χ4n) is 1.91. The molecular formula is C13H28N2O2. The van der Waals surface area contributed by atoms with Crippen molar-refractivity contribution < 1.29 is 9.47 Å². The predicted molar refractivity (Wildman–Crippen MR) is 70.2 cm³/mol. The van der Waals surface area contributed by atoms with Crippen molar-refractivity contribution in [2.24, 2.45) is 5.73 Å².